The Hall–Kier alpha value is -4.04. The number of hydrogen-bond acceptors (Lipinski definition) is 5. The molecule has 0 saturated heterocycles. The number of nitrogens with one attached hydrogen (secondary N) is 1. The summed E-state index contributed by atoms with van der Waals surface area (Å²) in [7, 11) is 0. The number of nitrogens with zero attached hydrogens (tertiary/aromatic N) is 3. The SMILES string of the molecule is Br.CCCCc1nc(C)n(C(C)c2ccccc2)c(=O)c1Cc1ccc(-c2ccccc2-c2noc(=O)[nH]2)cc1. The van der Waals surface area contributed by atoms with Crippen molar-refractivity contribution >= 4 is 17.0 Å². The molecule has 1 atom stereocenters. The third-order valence-electron chi connectivity index (χ3n) is 7.18. The predicted molar refractivity (Wildman–Crippen MR) is 163 cm³/mol. The average Bonchev–Trinajstić information content (AvgIpc) is 3.40. The lowest BCUT2D eigenvalue weighted by atomic mass is 9.96. The van der Waals surface area contributed by atoms with E-state index in [9.17, 15) is 9.59 Å². The van der Waals surface area contributed by atoms with E-state index in [4.69, 9.17) is 9.51 Å². The Morgan fingerprint density at radius 3 is 2.25 bits per heavy atom. The second-order valence-corrected chi connectivity index (χ2v) is 9.81. The van der Waals surface area contributed by atoms with Crippen LogP contribution in [-0.2, 0) is 12.8 Å². The van der Waals surface area contributed by atoms with Gasteiger partial charge >= 0.3 is 5.76 Å². The molecule has 2 aromatic heterocycles. The Morgan fingerprint density at radius 2 is 1.60 bits per heavy atom. The number of aromatic amines is 1. The Balaban J connectivity index is 0.00000370. The fourth-order valence-corrected chi connectivity index (χ4v) is 5.09. The lowest BCUT2D eigenvalue weighted by Crippen LogP contribution is -2.32. The van der Waals surface area contributed by atoms with Crippen molar-refractivity contribution in [2.75, 3.05) is 0 Å². The molecule has 206 valence electrons. The van der Waals surface area contributed by atoms with Crippen LogP contribution in [0.3, 0.4) is 0 Å². The second kappa shape index (κ2) is 12.9. The van der Waals surface area contributed by atoms with Crippen molar-refractivity contribution < 1.29 is 4.52 Å². The molecule has 0 fully saturated rings. The fraction of sp³-hybridized carbons (Fsp3) is 0.250. The standard InChI is InChI=1S/C32H32N4O3.BrH/c1-4-5-15-29-28(31(37)36(22(3)33-29)21(2)24-11-7-6-8-12-24)20-23-16-18-25(19-17-23)26-13-9-10-14-27(26)30-34-32(38)39-35-30;/h6-14,16-19,21H,4-5,15,20H2,1-3H3,(H,34,35,38);1H. The molecule has 8 heteroatoms. The number of aromatic nitrogens is 4. The smallest absolute Gasteiger partial charge is 0.296 e. The molecule has 2 heterocycles. The topological polar surface area (TPSA) is 93.8 Å². The van der Waals surface area contributed by atoms with E-state index in [1.165, 1.54) is 0 Å². The quantitative estimate of drug-likeness (QED) is 0.203. The summed E-state index contributed by atoms with van der Waals surface area (Å²) >= 11 is 0. The van der Waals surface area contributed by atoms with E-state index in [0.717, 1.165) is 64.2 Å². The van der Waals surface area contributed by atoms with Crippen molar-refractivity contribution in [3.63, 3.8) is 0 Å². The number of hydrogen-bond donors (Lipinski definition) is 1. The Labute approximate surface area is 243 Å². The van der Waals surface area contributed by atoms with Crippen molar-refractivity contribution in [2.24, 2.45) is 0 Å². The van der Waals surface area contributed by atoms with Crippen LogP contribution in [-0.4, -0.2) is 19.7 Å². The van der Waals surface area contributed by atoms with Crippen molar-refractivity contribution in [3.05, 3.63) is 128 Å². The van der Waals surface area contributed by atoms with Crippen LogP contribution in [0.15, 0.2) is 93.0 Å². The summed E-state index contributed by atoms with van der Waals surface area (Å²) in [6.45, 7) is 6.13. The van der Waals surface area contributed by atoms with Crippen LogP contribution < -0.4 is 11.3 Å². The molecule has 0 aliphatic rings. The van der Waals surface area contributed by atoms with Gasteiger partial charge in [0.05, 0.1) is 11.7 Å². The van der Waals surface area contributed by atoms with E-state index in [1.54, 1.807) is 0 Å². The first-order chi connectivity index (χ1) is 19.0. The number of aryl methyl sites for hydroxylation is 2. The molecule has 1 unspecified atom stereocenters. The molecular formula is C32H33BrN4O3. The van der Waals surface area contributed by atoms with E-state index in [1.807, 2.05) is 90.4 Å². The van der Waals surface area contributed by atoms with Crippen molar-refractivity contribution in [1.29, 1.82) is 0 Å². The largest absolute Gasteiger partial charge is 0.439 e. The maximum absolute atomic E-state index is 14.0. The molecule has 5 rings (SSSR count). The van der Waals surface area contributed by atoms with Gasteiger partial charge in [-0.05, 0) is 48.9 Å². The van der Waals surface area contributed by atoms with Crippen LogP contribution in [0.1, 0.15) is 60.9 Å². The minimum atomic E-state index is -0.590. The van der Waals surface area contributed by atoms with E-state index in [-0.39, 0.29) is 28.6 Å². The lowest BCUT2D eigenvalue weighted by molar-refractivity contribution is 0.388. The molecule has 0 radical (unpaired) electrons. The molecule has 1 N–H and O–H groups in total. The van der Waals surface area contributed by atoms with E-state index >= 15 is 0 Å². The Morgan fingerprint density at radius 1 is 0.925 bits per heavy atom. The third-order valence-corrected chi connectivity index (χ3v) is 7.18. The fourth-order valence-electron chi connectivity index (χ4n) is 5.09. The highest BCUT2D eigenvalue weighted by molar-refractivity contribution is 8.93. The maximum atomic E-state index is 14.0. The van der Waals surface area contributed by atoms with Gasteiger partial charge in [0, 0.05) is 17.5 Å². The number of halogens is 1. The molecule has 0 spiro atoms. The molecule has 0 aliphatic carbocycles. The summed E-state index contributed by atoms with van der Waals surface area (Å²) in [6.07, 6.45) is 3.31. The number of rotatable bonds is 9. The van der Waals surface area contributed by atoms with E-state index in [0.29, 0.717) is 12.2 Å². The normalized spacial score (nSPS) is 11.7. The molecule has 40 heavy (non-hydrogen) atoms. The van der Waals surface area contributed by atoms with Crippen molar-refractivity contribution in [3.8, 4) is 22.5 Å². The highest BCUT2D eigenvalue weighted by Gasteiger charge is 2.20. The summed E-state index contributed by atoms with van der Waals surface area (Å²) in [4.78, 5) is 33.0. The number of H-pyrrole nitrogens is 1. The van der Waals surface area contributed by atoms with Crippen LogP contribution in [0.25, 0.3) is 22.5 Å². The summed E-state index contributed by atoms with van der Waals surface area (Å²) in [6, 6.07) is 25.8. The van der Waals surface area contributed by atoms with Gasteiger partial charge in [0.1, 0.15) is 5.82 Å². The van der Waals surface area contributed by atoms with Gasteiger partial charge < -0.3 is 0 Å². The molecular weight excluding hydrogens is 568 g/mol. The first kappa shape index (κ1) is 29.0. The van der Waals surface area contributed by atoms with Gasteiger partial charge in [-0.3, -0.25) is 18.9 Å². The average molecular weight is 602 g/mol. The van der Waals surface area contributed by atoms with Crippen molar-refractivity contribution in [1.82, 2.24) is 19.7 Å². The minimum absolute atomic E-state index is 0. The second-order valence-electron chi connectivity index (χ2n) is 9.81. The van der Waals surface area contributed by atoms with Crippen LogP contribution in [0.4, 0.5) is 0 Å². The van der Waals surface area contributed by atoms with E-state index in [2.05, 4.69) is 24.0 Å². The Kier molecular flexibility index (Phi) is 9.32. The molecule has 0 aliphatic heterocycles. The van der Waals surface area contributed by atoms with Crippen molar-refractivity contribution in [2.45, 2.75) is 52.5 Å². The highest BCUT2D eigenvalue weighted by atomic mass is 79.9. The summed E-state index contributed by atoms with van der Waals surface area (Å²) in [5.74, 6) is 0.538. The highest BCUT2D eigenvalue weighted by Crippen LogP contribution is 2.30. The molecule has 0 bridgehead atoms. The zero-order valence-electron chi connectivity index (χ0n) is 22.9. The molecule has 0 amide bonds. The summed E-state index contributed by atoms with van der Waals surface area (Å²) < 4.78 is 6.53. The van der Waals surface area contributed by atoms with Crippen LogP contribution in [0.2, 0.25) is 0 Å². The summed E-state index contributed by atoms with van der Waals surface area (Å²) in [5.41, 5.74) is 6.45. The Bertz CT molecular complexity index is 1690. The van der Waals surface area contributed by atoms with E-state index < -0.39 is 5.76 Å². The maximum Gasteiger partial charge on any atom is 0.439 e. The molecule has 7 nitrogen and oxygen atoms in total. The minimum Gasteiger partial charge on any atom is -0.296 e. The van der Waals surface area contributed by atoms with Crippen LogP contribution >= 0.6 is 17.0 Å². The molecule has 5 aromatic rings. The van der Waals surface area contributed by atoms with Gasteiger partial charge in [0.2, 0.25) is 0 Å². The monoisotopic (exact) mass is 600 g/mol. The zero-order chi connectivity index (χ0) is 27.4. The first-order valence-corrected chi connectivity index (χ1v) is 13.4. The lowest BCUT2D eigenvalue weighted by Gasteiger charge is -2.21. The predicted octanol–water partition coefficient (Wildman–Crippen LogP) is 6.68. The van der Waals surface area contributed by atoms with Crippen LogP contribution in [0, 0.1) is 6.92 Å². The van der Waals surface area contributed by atoms with Gasteiger partial charge in [0.15, 0.2) is 5.82 Å². The van der Waals surface area contributed by atoms with Gasteiger partial charge in [0.25, 0.3) is 5.56 Å². The van der Waals surface area contributed by atoms with Crippen LogP contribution in [0.5, 0.6) is 0 Å². The van der Waals surface area contributed by atoms with Gasteiger partial charge in [-0.1, -0.05) is 97.4 Å². The molecule has 3 aromatic carbocycles. The number of benzene rings is 3. The third kappa shape index (κ3) is 6.07. The number of unbranched alkanes of at least 4 members (excludes halogenated alkanes) is 1. The first-order valence-electron chi connectivity index (χ1n) is 13.4. The zero-order valence-corrected chi connectivity index (χ0v) is 24.6. The molecule has 0 saturated carbocycles. The van der Waals surface area contributed by atoms with Gasteiger partial charge in [-0.2, -0.15) is 0 Å². The van der Waals surface area contributed by atoms with Gasteiger partial charge in [-0.15, -0.1) is 17.0 Å². The van der Waals surface area contributed by atoms with Gasteiger partial charge in [-0.25, -0.2) is 9.78 Å². The summed E-state index contributed by atoms with van der Waals surface area (Å²) in [5, 5.41) is 3.85.